The number of benzene rings is 2. The molecule has 0 aliphatic carbocycles. The van der Waals surface area contributed by atoms with Gasteiger partial charge in [0.25, 0.3) is 0 Å². The summed E-state index contributed by atoms with van der Waals surface area (Å²) < 4.78 is 5.63. The van der Waals surface area contributed by atoms with Crippen LogP contribution in [-0.4, -0.2) is 0 Å². The number of anilines is 2. The molecule has 4 nitrogen and oxygen atoms in total. The van der Waals surface area contributed by atoms with Crippen LogP contribution in [0, 0.1) is 0 Å². The van der Waals surface area contributed by atoms with Crippen LogP contribution in [0.1, 0.15) is 0 Å². The Morgan fingerprint density at radius 3 is 2.65 bits per heavy atom. The largest absolute Gasteiger partial charge is 0.456 e. The van der Waals surface area contributed by atoms with E-state index in [1.54, 1.807) is 36.4 Å². The van der Waals surface area contributed by atoms with E-state index < -0.39 is 0 Å². The lowest BCUT2D eigenvalue weighted by molar-refractivity contribution is 0.660. The van der Waals surface area contributed by atoms with Gasteiger partial charge in [0.1, 0.15) is 11.2 Å². The van der Waals surface area contributed by atoms with Gasteiger partial charge in [-0.25, -0.2) is 0 Å². The van der Waals surface area contributed by atoms with Crippen LogP contribution in [0.2, 0.25) is 0 Å². The fourth-order valence-electron chi connectivity index (χ4n) is 1.94. The number of hydrogen-bond acceptors (Lipinski definition) is 4. The highest BCUT2D eigenvalue weighted by molar-refractivity contribution is 5.96. The Morgan fingerprint density at radius 1 is 1.00 bits per heavy atom. The molecule has 84 valence electrons. The zero-order valence-electron chi connectivity index (χ0n) is 8.94. The van der Waals surface area contributed by atoms with E-state index >= 15 is 0 Å². The Labute approximate surface area is 96.4 Å². The molecule has 0 aliphatic heterocycles. The molecule has 0 saturated carbocycles. The van der Waals surface area contributed by atoms with Gasteiger partial charge in [0.15, 0.2) is 0 Å². The van der Waals surface area contributed by atoms with Crippen LogP contribution < -0.4 is 16.9 Å². The Bertz CT molecular complexity index is 790. The smallest absolute Gasteiger partial charge is 0.202 e. The lowest BCUT2D eigenvalue weighted by atomic mass is 10.1. The summed E-state index contributed by atoms with van der Waals surface area (Å²) >= 11 is 0. The summed E-state index contributed by atoms with van der Waals surface area (Å²) in [5.74, 6) is 0. The van der Waals surface area contributed by atoms with Crippen LogP contribution in [0.3, 0.4) is 0 Å². The van der Waals surface area contributed by atoms with Crippen LogP contribution >= 0.6 is 0 Å². The zero-order valence-corrected chi connectivity index (χ0v) is 8.94. The van der Waals surface area contributed by atoms with Gasteiger partial charge in [0.2, 0.25) is 5.43 Å². The van der Waals surface area contributed by atoms with Crippen molar-refractivity contribution in [2.24, 2.45) is 0 Å². The summed E-state index contributed by atoms with van der Waals surface area (Å²) in [5, 5.41) is 0.911. The molecule has 0 unspecified atom stereocenters. The van der Waals surface area contributed by atoms with Gasteiger partial charge in [-0.05, 0) is 24.3 Å². The lowest BCUT2D eigenvalue weighted by Crippen LogP contribution is -2.05. The number of nitrogen functional groups attached to an aromatic ring is 2. The summed E-state index contributed by atoms with van der Waals surface area (Å²) in [4.78, 5) is 12.2. The minimum absolute atomic E-state index is 0.126. The van der Waals surface area contributed by atoms with Crippen LogP contribution in [0.4, 0.5) is 11.4 Å². The van der Waals surface area contributed by atoms with Crippen LogP contribution in [0.15, 0.2) is 45.6 Å². The maximum Gasteiger partial charge on any atom is 0.202 e. The van der Waals surface area contributed by atoms with E-state index in [1.807, 2.05) is 0 Å². The second-order valence-electron chi connectivity index (χ2n) is 3.91. The first-order chi connectivity index (χ1) is 8.16. The molecule has 1 heterocycles. The van der Waals surface area contributed by atoms with E-state index in [0.717, 1.165) is 0 Å². The molecule has 1 aromatic heterocycles. The van der Waals surface area contributed by atoms with Crippen molar-refractivity contribution in [2.75, 3.05) is 11.5 Å². The summed E-state index contributed by atoms with van der Waals surface area (Å²) in [6.07, 6.45) is 0. The maximum atomic E-state index is 12.2. The molecule has 0 saturated heterocycles. The van der Waals surface area contributed by atoms with Gasteiger partial charge in [0.05, 0.1) is 10.8 Å². The minimum atomic E-state index is -0.126. The third-order valence-corrected chi connectivity index (χ3v) is 2.76. The summed E-state index contributed by atoms with van der Waals surface area (Å²) in [7, 11) is 0. The molecular formula is C13H10N2O2. The van der Waals surface area contributed by atoms with Crippen LogP contribution in [-0.2, 0) is 0 Å². The second kappa shape index (κ2) is 3.25. The molecule has 3 aromatic rings. The van der Waals surface area contributed by atoms with Crippen LogP contribution in [0.5, 0.6) is 0 Å². The predicted octanol–water partition coefficient (Wildman–Crippen LogP) is 2.11. The molecular weight excluding hydrogens is 216 g/mol. The third-order valence-electron chi connectivity index (χ3n) is 2.76. The van der Waals surface area contributed by atoms with Crippen molar-refractivity contribution in [3.63, 3.8) is 0 Å². The Morgan fingerprint density at radius 2 is 1.82 bits per heavy atom. The van der Waals surface area contributed by atoms with Crippen molar-refractivity contribution in [1.29, 1.82) is 0 Å². The van der Waals surface area contributed by atoms with E-state index in [-0.39, 0.29) is 5.43 Å². The summed E-state index contributed by atoms with van der Waals surface area (Å²) in [6.45, 7) is 0. The average molecular weight is 226 g/mol. The van der Waals surface area contributed by atoms with Gasteiger partial charge in [-0.15, -0.1) is 0 Å². The first-order valence-corrected chi connectivity index (χ1v) is 5.17. The number of hydrogen-bond donors (Lipinski definition) is 2. The molecule has 3 rings (SSSR count). The SMILES string of the molecule is Nc1ccc2c(=O)c3c(N)cccc3oc2c1. The molecule has 0 fully saturated rings. The molecule has 0 bridgehead atoms. The Kier molecular flexibility index (Phi) is 1.86. The molecule has 2 aromatic carbocycles. The fourth-order valence-corrected chi connectivity index (χ4v) is 1.94. The fraction of sp³-hybridized carbons (Fsp3) is 0. The normalized spacial score (nSPS) is 11.1. The molecule has 0 aliphatic rings. The number of nitrogens with two attached hydrogens (primary N) is 2. The van der Waals surface area contributed by atoms with Crippen molar-refractivity contribution in [2.45, 2.75) is 0 Å². The Balaban J connectivity index is 2.62. The molecule has 4 N–H and O–H groups in total. The third kappa shape index (κ3) is 1.34. The highest BCUT2D eigenvalue weighted by Crippen LogP contribution is 2.23. The average Bonchev–Trinajstić information content (AvgIpc) is 2.28. The zero-order chi connectivity index (χ0) is 12.0. The van der Waals surface area contributed by atoms with Crippen molar-refractivity contribution in [3.05, 3.63) is 46.6 Å². The van der Waals surface area contributed by atoms with Crippen molar-refractivity contribution in [1.82, 2.24) is 0 Å². The molecule has 17 heavy (non-hydrogen) atoms. The van der Waals surface area contributed by atoms with E-state index in [1.165, 1.54) is 0 Å². The first kappa shape index (κ1) is 9.72. The lowest BCUT2D eigenvalue weighted by Gasteiger charge is -2.03. The highest BCUT2D eigenvalue weighted by atomic mass is 16.3. The van der Waals surface area contributed by atoms with Gasteiger partial charge >= 0.3 is 0 Å². The van der Waals surface area contributed by atoms with Crippen molar-refractivity contribution in [3.8, 4) is 0 Å². The van der Waals surface area contributed by atoms with Crippen molar-refractivity contribution < 1.29 is 4.42 Å². The van der Waals surface area contributed by atoms with E-state index in [4.69, 9.17) is 15.9 Å². The first-order valence-electron chi connectivity index (χ1n) is 5.17. The second-order valence-corrected chi connectivity index (χ2v) is 3.91. The number of fused-ring (bicyclic) bond motifs is 2. The number of rotatable bonds is 0. The summed E-state index contributed by atoms with van der Waals surface area (Å²) in [6, 6.07) is 10.1. The maximum absolute atomic E-state index is 12.2. The monoisotopic (exact) mass is 226 g/mol. The van der Waals surface area contributed by atoms with Gasteiger partial charge in [-0.3, -0.25) is 4.79 Å². The van der Waals surface area contributed by atoms with E-state index in [0.29, 0.717) is 33.3 Å². The van der Waals surface area contributed by atoms with Gasteiger partial charge < -0.3 is 15.9 Å². The Hall–Kier alpha value is -2.49. The quantitative estimate of drug-likeness (QED) is 0.454. The van der Waals surface area contributed by atoms with Gasteiger partial charge in [0, 0.05) is 17.4 Å². The molecule has 0 amide bonds. The minimum Gasteiger partial charge on any atom is -0.456 e. The van der Waals surface area contributed by atoms with E-state index in [9.17, 15) is 4.79 Å². The predicted molar refractivity (Wildman–Crippen MR) is 68.8 cm³/mol. The van der Waals surface area contributed by atoms with Crippen molar-refractivity contribution >= 4 is 33.3 Å². The summed E-state index contributed by atoms with van der Waals surface area (Å²) in [5.41, 5.74) is 13.3. The standard InChI is InChI=1S/C13H10N2O2/c14-7-4-5-8-11(6-7)17-10-3-1-2-9(15)12(10)13(8)16/h1-6H,14-15H2. The van der Waals surface area contributed by atoms with E-state index in [2.05, 4.69) is 0 Å². The van der Waals surface area contributed by atoms with Gasteiger partial charge in [-0.1, -0.05) is 6.07 Å². The highest BCUT2D eigenvalue weighted by Gasteiger charge is 2.09. The topological polar surface area (TPSA) is 82.2 Å². The van der Waals surface area contributed by atoms with Crippen LogP contribution in [0.25, 0.3) is 21.9 Å². The molecule has 0 spiro atoms. The molecule has 4 heteroatoms. The molecule has 0 atom stereocenters. The van der Waals surface area contributed by atoms with Gasteiger partial charge in [-0.2, -0.15) is 0 Å². The molecule has 0 radical (unpaired) electrons.